The van der Waals surface area contributed by atoms with Crippen LogP contribution in [0.2, 0.25) is 0 Å². The second-order valence-electron chi connectivity index (χ2n) is 4.01. The van der Waals surface area contributed by atoms with E-state index in [0.29, 0.717) is 36.3 Å². The van der Waals surface area contributed by atoms with Crippen LogP contribution in [0.5, 0.6) is 0 Å². The topological polar surface area (TPSA) is 54.7 Å². The summed E-state index contributed by atoms with van der Waals surface area (Å²) >= 11 is 5.15. The molecule has 19 heavy (non-hydrogen) atoms. The molecule has 0 aliphatic carbocycles. The molecule has 0 radical (unpaired) electrons. The van der Waals surface area contributed by atoms with Crippen LogP contribution in [0.4, 0.5) is 0 Å². The summed E-state index contributed by atoms with van der Waals surface area (Å²) in [4.78, 5) is 13.7. The summed E-state index contributed by atoms with van der Waals surface area (Å²) in [5.41, 5.74) is 0.441. The Hall–Kier alpha value is -1.66. The fourth-order valence-corrected chi connectivity index (χ4v) is 2.04. The highest BCUT2D eigenvalue weighted by Gasteiger charge is 2.30. The van der Waals surface area contributed by atoms with Gasteiger partial charge in [0.1, 0.15) is 11.5 Å². The Morgan fingerprint density at radius 3 is 3.11 bits per heavy atom. The Bertz CT molecular complexity index is 482. The number of carbonyl (C=O) groups is 1. The quantitative estimate of drug-likeness (QED) is 0.489. The van der Waals surface area contributed by atoms with E-state index in [1.165, 1.54) is 0 Å². The van der Waals surface area contributed by atoms with Gasteiger partial charge in [0.2, 0.25) is 0 Å². The number of thiocarbonyl (C=S) groups is 1. The van der Waals surface area contributed by atoms with Gasteiger partial charge < -0.3 is 14.5 Å². The number of rotatable bonds is 6. The summed E-state index contributed by atoms with van der Waals surface area (Å²) in [6.45, 7) is 3.80. The summed E-state index contributed by atoms with van der Waals surface area (Å²) in [6.07, 6.45) is 3.97. The van der Waals surface area contributed by atoms with Crippen molar-refractivity contribution in [1.29, 1.82) is 0 Å². The van der Waals surface area contributed by atoms with E-state index in [-0.39, 0.29) is 5.91 Å². The van der Waals surface area contributed by atoms with Crippen LogP contribution >= 0.6 is 12.2 Å². The van der Waals surface area contributed by atoms with Crippen LogP contribution in [-0.4, -0.2) is 35.7 Å². The molecule has 0 atom stereocenters. The predicted molar refractivity (Wildman–Crippen MR) is 75.2 cm³/mol. The van der Waals surface area contributed by atoms with Gasteiger partial charge in [-0.25, -0.2) is 0 Å². The zero-order valence-electron chi connectivity index (χ0n) is 10.7. The van der Waals surface area contributed by atoms with Crippen LogP contribution in [-0.2, 0) is 9.53 Å². The highest BCUT2D eigenvalue weighted by molar-refractivity contribution is 7.80. The van der Waals surface area contributed by atoms with E-state index in [1.54, 1.807) is 29.4 Å². The normalized spacial score (nSPS) is 17.3. The number of carbonyl (C=O) groups excluding carboxylic acids is 1. The Balaban J connectivity index is 1.96. The van der Waals surface area contributed by atoms with Gasteiger partial charge in [0.05, 0.1) is 6.26 Å². The molecule has 1 aromatic rings. The maximum atomic E-state index is 12.1. The molecule has 2 heterocycles. The van der Waals surface area contributed by atoms with Gasteiger partial charge in [-0.05, 0) is 37.7 Å². The zero-order chi connectivity index (χ0) is 13.7. The first-order valence-electron chi connectivity index (χ1n) is 6.18. The van der Waals surface area contributed by atoms with Crippen LogP contribution in [0.3, 0.4) is 0 Å². The van der Waals surface area contributed by atoms with Gasteiger partial charge in [0.15, 0.2) is 5.11 Å². The molecule has 1 aliphatic rings. The highest BCUT2D eigenvalue weighted by atomic mass is 32.1. The zero-order valence-corrected chi connectivity index (χ0v) is 11.5. The maximum Gasteiger partial charge on any atom is 0.276 e. The molecule has 102 valence electrons. The maximum absolute atomic E-state index is 12.1. The highest BCUT2D eigenvalue weighted by Crippen LogP contribution is 2.14. The van der Waals surface area contributed by atoms with Crippen LogP contribution in [0.15, 0.2) is 28.5 Å². The van der Waals surface area contributed by atoms with E-state index in [4.69, 9.17) is 21.4 Å². The van der Waals surface area contributed by atoms with Gasteiger partial charge in [-0.2, -0.15) is 0 Å². The van der Waals surface area contributed by atoms with Crippen molar-refractivity contribution in [2.24, 2.45) is 0 Å². The third-order valence-corrected chi connectivity index (χ3v) is 2.99. The molecule has 2 rings (SSSR count). The van der Waals surface area contributed by atoms with E-state index in [1.807, 2.05) is 6.92 Å². The summed E-state index contributed by atoms with van der Waals surface area (Å²) in [7, 11) is 0. The summed E-state index contributed by atoms with van der Waals surface area (Å²) in [6, 6.07) is 3.55. The number of nitrogens with zero attached hydrogens (tertiary/aromatic N) is 1. The molecule has 0 aromatic carbocycles. The summed E-state index contributed by atoms with van der Waals surface area (Å²) in [5, 5.41) is 3.33. The first kappa shape index (κ1) is 13.8. The van der Waals surface area contributed by atoms with E-state index >= 15 is 0 Å². The van der Waals surface area contributed by atoms with Crippen LogP contribution in [0, 0.1) is 0 Å². The van der Waals surface area contributed by atoms with Crippen LogP contribution in [0.1, 0.15) is 19.1 Å². The average Bonchev–Trinajstić information content (AvgIpc) is 2.98. The van der Waals surface area contributed by atoms with Crippen molar-refractivity contribution in [3.63, 3.8) is 0 Å². The fourth-order valence-electron chi connectivity index (χ4n) is 1.76. The number of nitrogens with one attached hydrogen (secondary N) is 1. The molecule has 1 saturated heterocycles. The van der Waals surface area contributed by atoms with Crippen molar-refractivity contribution in [2.45, 2.75) is 13.3 Å². The first-order chi connectivity index (χ1) is 9.22. The molecular formula is C13H16N2O3S. The molecule has 5 nitrogen and oxygen atoms in total. The minimum Gasteiger partial charge on any atom is -0.465 e. The Morgan fingerprint density at radius 1 is 1.58 bits per heavy atom. The molecule has 1 amide bonds. The van der Waals surface area contributed by atoms with Crippen molar-refractivity contribution < 1.29 is 13.9 Å². The number of hydrogen-bond donors (Lipinski definition) is 1. The molecule has 0 bridgehead atoms. The lowest BCUT2D eigenvalue weighted by Crippen LogP contribution is -2.32. The molecule has 1 aliphatic heterocycles. The molecule has 1 N–H and O–H groups in total. The van der Waals surface area contributed by atoms with Crippen molar-refractivity contribution in [2.75, 3.05) is 19.8 Å². The number of amides is 1. The number of ether oxygens (including phenoxy) is 1. The smallest absolute Gasteiger partial charge is 0.276 e. The molecule has 0 spiro atoms. The van der Waals surface area contributed by atoms with E-state index in [9.17, 15) is 4.79 Å². The minimum absolute atomic E-state index is 0.127. The lowest BCUT2D eigenvalue weighted by Gasteiger charge is -2.13. The third-order valence-electron chi connectivity index (χ3n) is 2.67. The van der Waals surface area contributed by atoms with Crippen molar-refractivity contribution in [1.82, 2.24) is 10.2 Å². The minimum atomic E-state index is -0.127. The molecule has 0 unspecified atom stereocenters. The van der Waals surface area contributed by atoms with Gasteiger partial charge in [-0.3, -0.25) is 9.69 Å². The number of hydrogen-bond acceptors (Lipinski definition) is 4. The lowest BCUT2D eigenvalue weighted by molar-refractivity contribution is -0.122. The van der Waals surface area contributed by atoms with Crippen LogP contribution in [0.25, 0.3) is 6.08 Å². The average molecular weight is 280 g/mol. The first-order valence-corrected chi connectivity index (χ1v) is 6.59. The van der Waals surface area contributed by atoms with Crippen molar-refractivity contribution in [3.8, 4) is 0 Å². The van der Waals surface area contributed by atoms with E-state index < -0.39 is 0 Å². The second kappa shape index (κ2) is 6.49. The van der Waals surface area contributed by atoms with Gasteiger partial charge >= 0.3 is 0 Å². The summed E-state index contributed by atoms with van der Waals surface area (Å²) in [5.74, 6) is 0.493. The SMILES string of the molecule is CCOCCCN1C(=O)C(=Cc2ccco2)NC1=S. The summed E-state index contributed by atoms with van der Waals surface area (Å²) < 4.78 is 10.4. The molecule has 6 heteroatoms. The molecule has 0 saturated carbocycles. The van der Waals surface area contributed by atoms with E-state index in [0.717, 1.165) is 6.42 Å². The largest absolute Gasteiger partial charge is 0.465 e. The Kier molecular flexibility index (Phi) is 4.70. The molecule has 1 fully saturated rings. The second-order valence-corrected chi connectivity index (χ2v) is 4.40. The Labute approximate surface area is 117 Å². The Morgan fingerprint density at radius 2 is 2.42 bits per heavy atom. The van der Waals surface area contributed by atoms with E-state index in [2.05, 4.69) is 5.32 Å². The van der Waals surface area contributed by atoms with Gasteiger partial charge in [0.25, 0.3) is 5.91 Å². The molecular weight excluding hydrogens is 264 g/mol. The molecule has 1 aromatic heterocycles. The number of furan rings is 1. The monoisotopic (exact) mass is 280 g/mol. The van der Waals surface area contributed by atoms with Crippen molar-refractivity contribution in [3.05, 3.63) is 29.9 Å². The fraction of sp³-hybridized carbons (Fsp3) is 0.385. The van der Waals surface area contributed by atoms with Crippen LogP contribution < -0.4 is 5.32 Å². The van der Waals surface area contributed by atoms with Crippen molar-refractivity contribution >= 4 is 29.3 Å². The lowest BCUT2D eigenvalue weighted by atomic mass is 10.3. The third kappa shape index (κ3) is 3.42. The standard InChI is InChI=1S/C13H16N2O3S/c1-2-17-7-4-6-15-12(16)11(14-13(15)19)9-10-5-3-8-18-10/h3,5,8-9H,2,4,6-7H2,1H3,(H,14,19). The van der Waals surface area contributed by atoms with Gasteiger partial charge in [-0.15, -0.1) is 0 Å². The van der Waals surface area contributed by atoms with Gasteiger partial charge in [-0.1, -0.05) is 0 Å². The van der Waals surface area contributed by atoms with Gasteiger partial charge in [0, 0.05) is 25.8 Å². The predicted octanol–water partition coefficient (Wildman–Crippen LogP) is 1.76.